The summed E-state index contributed by atoms with van der Waals surface area (Å²) in [5.41, 5.74) is 0.669. The summed E-state index contributed by atoms with van der Waals surface area (Å²) in [4.78, 5) is 2.58. The summed E-state index contributed by atoms with van der Waals surface area (Å²) < 4.78 is 28.0. The van der Waals surface area contributed by atoms with Crippen LogP contribution >= 0.6 is 11.6 Å². The van der Waals surface area contributed by atoms with Crippen LogP contribution in [0.5, 0.6) is 0 Å². The van der Waals surface area contributed by atoms with Crippen LogP contribution in [0.1, 0.15) is 32.3 Å². The van der Waals surface area contributed by atoms with Crippen LogP contribution < -0.4 is 4.72 Å². The number of hydrogen-bond acceptors (Lipinski definition) is 3. The topological polar surface area (TPSA) is 49.4 Å². The van der Waals surface area contributed by atoms with E-state index in [9.17, 15) is 8.42 Å². The lowest BCUT2D eigenvalue weighted by atomic mass is 10.0. The molecule has 1 saturated heterocycles. The quantitative estimate of drug-likeness (QED) is 0.862. The van der Waals surface area contributed by atoms with E-state index in [1.54, 1.807) is 25.1 Å². The van der Waals surface area contributed by atoms with Gasteiger partial charge in [0.05, 0.1) is 5.02 Å². The van der Waals surface area contributed by atoms with Crippen molar-refractivity contribution < 1.29 is 8.42 Å². The normalized spacial score (nSPS) is 18.0. The number of nitrogens with zero attached hydrogens (tertiary/aromatic N) is 1. The third-order valence-corrected chi connectivity index (χ3v) is 6.35. The van der Waals surface area contributed by atoms with Gasteiger partial charge in [0.2, 0.25) is 10.0 Å². The Morgan fingerprint density at radius 1 is 1.27 bits per heavy atom. The van der Waals surface area contributed by atoms with Crippen LogP contribution in [0.4, 0.5) is 0 Å². The minimum absolute atomic E-state index is 0.195. The van der Waals surface area contributed by atoms with E-state index in [0.717, 1.165) is 13.1 Å². The third kappa shape index (κ3) is 4.02. The van der Waals surface area contributed by atoms with Gasteiger partial charge >= 0.3 is 0 Å². The molecule has 0 saturated carbocycles. The van der Waals surface area contributed by atoms with E-state index in [-0.39, 0.29) is 16.0 Å². The lowest BCUT2D eigenvalue weighted by Gasteiger charge is -2.31. The summed E-state index contributed by atoms with van der Waals surface area (Å²) in [5.74, 6) is 0.396. The summed E-state index contributed by atoms with van der Waals surface area (Å²) in [7, 11) is -3.59. The number of sulfonamides is 1. The Morgan fingerprint density at radius 2 is 1.91 bits per heavy atom. The molecule has 0 spiro atoms. The van der Waals surface area contributed by atoms with Crippen LogP contribution in [-0.2, 0) is 10.0 Å². The molecule has 1 aromatic rings. The first-order valence-electron chi connectivity index (χ1n) is 7.82. The molecule has 0 bridgehead atoms. The largest absolute Gasteiger partial charge is 0.299 e. The van der Waals surface area contributed by atoms with Crippen LogP contribution in [-0.4, -0.2) is 39.0 Å². The maximum absolute atomic E-state index is 12.6. The van der Waals surface area contributed by atoms with E-state index in [0.29, 0.717) is 18.0 Å². The molecule has 2 rings (SSSR count). The number of aryl methyl sites for hydroxylation is 1. The highest BCUT2D eigenvalue weighted by molar-refractivity contribution is 7.89. The second-order valence-corrected chi connectivity index (χ2v) is 8.40. The molecule has 1 aromatic carbocycles. The molecule has 0 aliphatic carbocycles. The highest BCUT2D eigenvalue weighted by Crippen LogP contribution is 2.25. The first-order valence-corrected chi connectivity index (χ1v) is 9.68. The predicted molar refractivity (Wildman–Crippen MR) is 90.8 cm³/mol. The predicted octanol–water partition coefficient (Wildman–Crippen LogP) is 3.05. The molecular weight excluding hydrogens is 320 g/mol. The molecule has 124 valence electrons. The average Bonchev–Trinajstić information content (AvgIpc) is 2.91. The van der Waals surface area contributed by atoms with Gasteiger partial charge in [0.15, 0.2) is 0 Å². The molecular formula is C16H25ClN2O2S. The molecule has 1 atom stereocenters. The number of rotatable bonds is 6. The molecule has 1 aliphatic rings. The number of benzene rings is 1. The van der Waals surface area contributed by atoms with Gasteiger partial charge in [-0.3, -0.25) is 4.90 Å². The van der Waals surface area contributed by atoms with Crippen molar-refractivity contribution in [3.8, 4) is 0 Å². The van der Waals surface area contributed by atoms with Crippen LogP contribution in [0.3, 0.4) is 0 Å². The van der Waals surface area contributed by atoms with Gasteiger partial charge in [-0.05, 0) is 50.4 Å². The number of hydrogen-bond donors (Lipinski definition) is 1. The van der Waals surface area contributed by atoms with Crippen LogP contribution in [0.25, 0.3) is 0 Å². The number of likely N-dealkylation sites (tertiary alicyclic amines) is 1. The van der Waals surface area contributed by atoms with Gasteiger partial charge in [0, 0.05) is 12.6 Å². The number of nitrogens with one attached hydrogen (secondary N) is 1. The summed E-state index contributed by atoms with van der Waals surface area (Å²) in [6.45, 7) is 8.56. The van der Waals surface area contributed by atoms with Gasteiger partial charge in [0.25, 0.3) is 0 Å². The zero-order valence-corrected chi connectivity index (χ0v) is 15.0. The highest BCUT2D eigenvalue weighted by Gasteiger charge is 2.27. The monoisotopic (exact) mass is 344 g/mol. The zero-order chi connectivity index (χ0) is 16.3. The van der Waals surface area contributed by atoms with E-state index >= 15 is 0 Å². The molecule has 0 radical (unpaired) electrons. The molecule has 4 nitrogen and oxygen atoms in total. The van der Waals surface area contributed by atoms with E-state index in [1.807, 2.05) is 0 Å². The van der Waals surface area contributed by atoms with Gasteiger partial charge in [-0.15, -0.1) is 0 Å². The van der Waals surface area contributed by atoms with Gasteiger partial charge in [-0.25, -0.2) is 13.1 Å². The van der Waals surface area contributed by atoms with Gasteiger partial charge in [-0.1, -0.05) is 37.6 Å². The Labute approximate surface area is 138 Å². The van der Waals surface area contributed by atoms with Crippen molar-refractivity contribution in [3.05, 3.63) is 28.8 Å². The molecule has 0 amide bonds. The molecule has 0 aromatic heterocycles. The summed E-state index contributed by atoms with van der Waals surface area (Å²) in [6, 6.07) is 5.36. The fraction of sp³-hybridized carbons (Fsp3) is 0.625. The summed E-state index contributed by atoms with van der Waals surface area (Å²) >= 11 is 6.09. The second kappa shape index (κ2) is 7.30. The van der Waals surface area contributed by atoms with Crippen molar-refractivity contribution in [2.75, 3.05) is 19.6 Å². The number of halogens is 1. The van der Waals surface area contributed by atoms with Crippen molar-refractivity contribution in [2.45, 2.75) is 44.6 Å². The van der Waals surface area contributed by atoms with Gasteiger partial charge in [0.1, 0.15) is 4.90 Å². The van der Waals surface area contributed by atoms with Crippen molar-refractivity contribution in [2.24, 2.45) is 5.92 Å². The van der Waals surface area contributed by atoms with E-state index in [1.165, 1.54) is 12.8 Å². The first-order chi connectivity index (χ1) is 10.3. The third-order valence-electron chi connectivity index (χ3n) is 4.29. The Kier molecular flexibility index (Phi) is 5.88. The lowest BCUT2D eigenvalue weighted by Crippen LogP contribution is -2.45. The maximum Gasteiger partial charge on any atom is 0.242 e. The minimum Gasteiger partial charge on any atom is -0.299 e. The fourth-order valence-corrected chi connectivity index (χ4v) is 4.96. The van der Waals surface area contributed by atoms with Crippen molar-refractivity contribution in [1.29, 1.82) is 0 Å². The summed E-state index contributed by atoms with van der Waals surface area (Å²) in [6.07, 6.45) is 2.39. The zero-order valence-electron chi connectivity index (χ0n) is 13.5. The fourth-order valence-electron chi connectivity index (χ4n) is 3.08. The second-order valence-electron chi connectivity index (χ2n) is 6.29. The van der Waals surface area contributed by atoms with E-state index in [2.05, 4.69) is 23.5 Å². The molecule has 1 N–H and O–H groups in total. The van der Waals surface area contributed by atoms with E-state index < -0.39 is 10.0 Å². The van der Waals surface area contributed by atoms with Crippen molar-refractivity contribution in [1.82, 2.24) is 9.62 Å². The standard InChI is InChI=1S/C16H25ClN2O2S/c1-12(2)15(19-9-4-5-10-19)11-18-22(20,21)16-13(3)7-6-8-14(16)17/h6-8,12,15,18H,4-5,9-11H2,1-3H3/t15-/m1/s1. The first kappa shape index (κ1) is 17.7. The maximum atomic E-state index is 12.6. The van der Waals surface area contributed by atoms with Gasteiger partial charge < -0.3 is 0 Å². The lowest BCUT2D eigenvalue weighted by molar-refractivity contribution is 0.193. The summed E-state index contributed by atoms with van der Waals surface area (Å²) in [5, 5.41) is 0.273. The highest BCUT2D eigenvalue weighted by atomic mass is 35.5. The molecule has 0 unspecified atom stereocenters. The van der Waals surface area contributed by atoms with Crippen molar-refractivity contribution in [3.63, 3.8) is 0 Å². The average molecular weight is 345 g/mol. The Morgan fingerprint density at radius 3 is 2.45 bits per heavy atom. The molecule has 22 heavy (non-hydrogen) atoms. The van der Waals surface area contributed by atoms with Crippen molar-refractivity contribution >= 4 is 21.6 Å². The minimum atomic E-state index is -3.59. The Bertz CT molecular complexity index is 590. The smallest absolute Gasteiger partial charge is 0.242 e. The molecule has 6 heteroatoms. The SMILES string of the molecule is Cc1cccc(Cl)c1S(=O)(=O)NC[C@H](C(C)C)N1CCCC1. The molecule has 1 aliphatic heterocycles. The van der Waals surface area contributed by atoms with Crippen LogP contribution in [0.2, 0.25) is 5.02 Å². The molecule has 1 fully saturated rings. The Balaban J connectivity index is 2.14. The van der Waals surface area contributed by atoms with Crippen LogP contribution in [0.15, 0.2) is 23.1 Å². The molecule has 1 heterocycles. The Hall–Kier alpha value is -0.620. The van der Waals surface area contributed by atoms with Gasteiger partial charge in [-0.2, -0.15) is 0 Å². The van der Waals surface area contributed by atoms with Crippen LogP contribution in [0, 0.1) is 12.8 Å². The van der Waals surface area contributed by atoms with E-state index in [4.69, 9.17) is 11.6 Å².